The van der Waals surface area contributed by atoms with Gasteiger partial charge in [-0.15, -0.1) is 0 Å². The Morgan fingerprint density at radius 1 is 1.18 bits per heavy atom. The van der Waals surface area contributed by atoms with Gasteiger partial charge in [0.25, 0.3) is 0 Å². The van der Waals surface area contributed by atoms with Gasteiger partial charge in [-0.2, -0.15) is 0 Å². The Balaban J connectivity index is 1.81. The minimum Gasteiger partial charge on any atom is -0.384 e. The van der Waals surface area contributed by atoms with Gasteiger partial charge in [0.1, 0.15) is 5.82 Å². The lowest BCUT2D eigenvalue weighted by Crippen LogP contribution is -2.34. The minimum absolute atomic E-state index is 0.638. The first-order valence-electron chi connectivity index (χ1n) is 6.83. The number of hydrogen-bond acceptors (Lipinski definition) is 3. The maximum absolute atomic E-state index is 5.79. The van der Waals surface area contributed by atoms with Crippen LogP contribution in [0.3, 0.4) is 0 Å². The molecule has 1 saturated heterocycles. The Bertz CT molecular complexity index is 385. The van der Waals surface area contributed by atoms with Crippen molar-refractivity contribution >= 4 is 11.5 Å². The molecule has 3 nitrogen and oxygen atoms in total. The van der Waals surface area contributed by atoms with Crippen LogP contribution in [0.5, 0.6) is 0 Å². The van der Waals surface area contributed by atoms with Crippen LogP contribution in [-0.4, -0.2) is 17.6 Å². The van der Waals surface area contributed by atoms with Gasteiger partial charge < -0.3 is 10.6 Å². The fraction of sp³-hybridized carbons (Fsp3) is 0.643. The zero-order chi connectivity index (χ0) is 11.7. The molecular formula is C14H21N3. The largest absolute Gasteiger partial charge is 0.384 e. The summed E-state index contributed by atoms with van der Waals surface area (Å²) in [6.45, 7) is 1.19. The number of rotatable bonds is 2. The molecule has 1 aliphatic carbocycles. The number of pyridine rings is 1. The third-order valence-electron chi connectivity index (χ3n) is 4.34. The molecule has 1 saturated carbocycles. The third-order valence-corrected chi connectivity index (χ3v) is 4.34. The van der Waals surface area contributed by atoms with Gasteiger partial charge in [-0.05, 0) is 37.7 Å². The van der Waals surface area contributed by atoms with Crippen molar-refractivity contribution in [2.24, 2.45) is 5.92 Å². The van der Waals surface area contributed by atoms with Gasteiger partial charge >= 0.3 is 0 Å². The van der Waals surface area contributed by atoms with Gasteiger partial charge in [-0.25, -0.2) is 4.98 Å². The van der Waals surface area contributed by atoms with Crippen LogP contribution >= 0.6 is 0 Å². The molecule has 0 aromatic carbocycles. The molecule has 92 valence electrons. The molecule has 1 aromatic heterocycles. The molecule has 2 aliphatic rings. The summed E-state index contributed by atoms with van der Waals surface area (Å²) in [6.07, 6.45) is 10.2. The van der Waals surface area contributed by atoms with Crippen molar-refractivity contribution in [1.29, 1.82) is 0 Å². The molecule has 1 atom stereocenters. The second-order valence-corrected chi connectivity index (χ2v) is 5.39. The topological polar surface area (TPSA) is 42.1 Å². The number of nitrogens with two attached hydrogens (primary N) is 1. The second kappa shape index (κ2) is 4.55. The Morgan fingerprint density at radius 2 is 2.00 bits per heavy atom. The van der Waals surface area contributed by atoms with E-state index >= 15 is 0 Å². The molecule has 0 amide bonds. The normalized spacial score (nSPS) is 25.6. The quantitative estimate of drug-likeness (QED) is 0.851. The first kappa shape index (κ1) is 10.9. The molecule has 0 bridgehead atoms. The van der Waals surface area contributed by atoms with E-state index in [9.17, 15) is 0 Å². The molecule has 2 N–H and O–H groups in total. The molecule has 3 rings (SSSR count). The van der Waals surface area contributed by atoms with Crippen molar-refractivity contribution in [3.63, 3.8) is 0 Å². The molecule has 3 heteroatoms. The molecule has 17 heavy (non-hydrogen) atoms. The predicted molar refractivity (Wildman–Crippen MR) is 71.0 cm³/mol. The summed E-state index contributed by atoms with van der Waals surface area (Å²) < 4.78 is 0. The minimum atomic E-state index is 0.638. The summed E-state index contributed by atoms with van der Waals surface area (Å²) in [6, 6.07) is 4.87. The van der Waals surface area contributed by atoms with E-state index < -0.39 is 0 Å². The Kier molecular flexibility index (Phi) is 2.91. The lowest BCUT2D eigenvalue weighted by atomic mass is 9.96. The van der Waals surface area contributed by atoms with Crippen molar-refractivity contribution in [3.05, 3.63) is 18.3 Å². The SMILES string of the molecule is Nc1cc(N2CCCC2C2CCCC2)ccn1. The van der Waals surface area contributed by atoms with Crippen molar-refractivity contribution in [2.75, 3.05) is 17.2 Å². The Morgan fingerprint density at radius 3 is 2.76 bits per heavy atom. The van der Waals surface area contributed by atoms with E-state index in [1.165, 1.54) is 50.8 Å². The van der Waals surface area contributed by atoms with Crippen LogP contribution in [0.4, 0.5) is 11.5 Å². The molecule has 1 unspecified atom stereocenters. The zero-order valence-corrected chi connectivity index (χ0v) is 10.3. The van der Waals surface area contributed by atoms with Crippen LogP contribution in [0.1, 0.15) is 38.5 Å². The smallest absolute Gasteiger partial charge is 0.125 e. The van der Waals surface area contributed by atoms with E-state index in [1.54, 1.807) is 0 Å². The average Bonchev–Trinajstić information content (AvgIpc) is 3.00. The van der Waals surface area contributed by atoms with Gasteiger partial charge in [0, 0.05) is 30.5 Å². The summed E-state index contributed by atoms with van der Waals surface area (Å²) >= 11 is 0. The average molecular weight is 231 g/mol. The summed E-state index contributed by atoms with van der Waals surface area (Å²) in [4.78, 5) is 6.65. The lowest BCUT2D eigenvalue weighted by Gasteiger charge is -2.31. The van der Waals surface area contributed by atoms with Crippen molar-refractivity contribution in [1.82, 2.24) is 4.98 Å². The maximum Gasteiger partial charge on any atom is 0.125 e. The van der Waals surface area contributed by atoms with E-state index in [1.807, 2.05) is 12.3 Å². The van der Waals surface area contributed by atoms with Crippen molar-refractivity contribution in [3.8, 4) is 0 Å². The number of aromatic nitrogens is 1. The molecule has 1 aliphatic heterocycles. The van der Waals surface area contributed by atoms with E-state index in [2.05, 4.69) is 16.0 Å². The molecule has 0 spiro atoms. The van der Waals surface area contributed by atoms with Gasteiger partial charge in [0.05, 0.1) is 0 Å². The summed E-state index contributed by atoms with van der Waals surface area (Å²) in [5, 5.41) is 0. The van der Waals surface area contributed by atoms with E-state index in [0.717, 1.165) is 12.0 Å². The summed E-state index contributed by atoms with van der Waals surface area (Å²) in [5.74, 6) is 1.55. The van der Waals surface area contributed by atoms with Crippen LogP contribution in [0, 0.1) is 5.92 Å². The molecule has 2 heterocycles. The van der Waals surface area contributed by atoms with Crippen LogP contribution in [-0.2, 0) is 0 Å². The van der Waals surface area contributed by atoms with Crippen LogP contribution < -0.4 is 10.6 Å². The second-order valence-electron chi connectivity index (χ2n) is 5.39. The summed E-state index contributed by atoms with van der Waals surface area (Å²) in [5.41, 5.74) is 7.06. The van der Waals surface area contributed by atoms with Crippen molar-refractivity contribution < 1.29 is 0 Å². The summed E-state index contributed by atoms with van der Waals surface area (Å²) in [7, 11) is 0. The fourth-order valence-corrected chi connectivity index (χ4v) is 3.56. The van der Waals surface area contributed by atoms with E-state index in [-0.39, 0.29) is 0 Å². The molecule has 0 radical (unpaired) electrons. The van der Waals surface area contributed by atoms with Gasteiger partial charge in [0.15, 0.2) is 0 Å². The van der Waals surface area contributed by atoms with Gasteiger partial charge in [-0.1, -0.05) is 12.8 Å². The molecular weight excluding hydrogens is 210 g/mol. The number of hydrogen-bond donors (Lipinski definition) is 1. The van der Waals surface area contributed by atoms with Crippen molar-refractivity contribution in [2.45, 2.75) is 44.6 Å². The van der Waals surface area contributed by atoms with E-state index in [4.69, 9.17) is 5.73 Å². The first-order chi connectivity index (χ1) is 8.34. The highest BCUT2D eigenvalue weighted by molar-refractivity contribution is 5.53. The van der Waals surface area contributed by atoms with Crippen LogP contribution in [0.15, 0.2) is 18.3 Å². The lowest BCUT2D eigenvalue weighted by molar-refractivity contribution is 0.431. The predicted octanol–water partition coefficient (Wildman–Crippen LogP) is 2.82. The highest BCUT2D eigenvalue weighted by Gasteiger charge is 2.33. The highest BCUT2D eigenvalue weighted by atomic mass is 15.2. The monoisotopic (exact) mass is 231 g/mol. The highest BCUT2D eigenvalue weighted by Crippen LogP contribution is 2.37. The zero-order valence-electron chi connectivity index (χ0n) is 10.3. The first-order valence-corrected chi connectivity index (χ1v) is 6.83. The Labute approximate surface area is 103 Å². The third kappa shape index (κ3) is 2.11. The Hall–Kier alpha value is -1.25. The maximum atomic E-state index is 5.79. The molecule has 2 fully saturated rings. The van der Waals surface area contributed by atoms with Crippen LogP contribution in [0.25, 0.3) is 0 Å². The van der Waals surface area contributed by atoms with Gasteiger partial charge in [0.2, 0.25) is 0 Å². The van der Waals surface area contributed by atoms with Crippen LogP contribution in [0.2, 0.25) is 0 Å². The van der Waals surface area contributed by atoms with E-state index in [0.29, 0.717) is 5.82 Å². The van der Waals surface area contributed by atoms with Gasteiger partial charge in [-0.3, -0.25) is 0 Å². The number of nitrogens with zero attached hydrogens (tertiary/aromatic N) is 2. The number of nitrogen functional groups attached to an aromatic ring is 1. The molecule has 1 aromatic rings. The standard InChI is InChI=1S/C14H21N3/c15-14-10-12(7-8-16-14)17-9-3-6-13(17)11-4-1-2-5-11/h7-8,10-11,13H,1-6,9H2,(H2,15,16). The fourth-order valence-electron chi connectivity index (χ4n) is 3.56. The number of anilines is 2.